The lowest BCUT2D eigenvalue weighted by Gasteiger charge is -2.27. The minimum atomic E-state index is 0.138. The van der Waals surface area contributed by atoms with Gasteiger partial charge in [0.25, 0.3) is 0 Å². The zero-order valence-electron chi connectivity index (χ0n) is 9.28. The fraction of sp³-hybridized carbons (Fsp3) is 0.700. The molecule has 1 aromatic rings. The van der Waals surface area contributed by atoms with E-state index >= 15 is 0 Å². The molecule has 0 spiro atoms. The fourth-order valence-corrected chi connectivity index (χ4v) is 2.34. The Bertz CT molecular complexity index is 350. The van der Waals surface area contributed by atoms with E-state index in [0.29, 0.717) is 12.0 Å². The van der Waals surface area contributed by atoms with E-state index in [1.54, 1.807) is 0 Å². The highest BCUT2D eigenvalue weighted by atomic mass is 35.5. The highest BCUT2D eigenvalue weighted by Gasteiger charge is 2.19. The summed E-state index contributed by atoms with van der Waals surface area (Å²) in [6.45, 7) is 2.27. The van der Waals surface area contributed by atoms with Gasteiger partial charge in [0, 0.05) is 6.04 Å². The summed E-state index contributed by atoms with van der Waals surface area (Å²) >= 11 is 5.71. The Morgan fingerprint density at radius 2 is 2.12 bits per heavy atom. The molecule has 0 radical (unpaired) electrons. The minimum absolute atomic E-state index is 0.138. The molecule has 2 unspecified atom stereocenters. The molecule has 1 heterocycles. The first-order valence-corrected chi connectivity index (χ1v) is 5.95. The van der Waals surface area contributed by atoms with Crippen molar-refractivity contribution in [1.82, 2.24) is 15.0 Å². The van der Waals surface area contributed by atoms with Crippen molar-refractivity contribution in [2.24, 2.45) is 5.92 Å². The third-order valence-electron chi connectivity index (χ3n) is 2.90. The van der Waals surface area contributed by atoms with Crippen molar-refractivity contribution in [3.05, 3.63) is 5.28 Å². The Balaban J connectivity index is 2.02. The topological polar surface area (TPSA) is 76.7 Å². The zero-order chi connectivity index (χ0) is 11.5. The monoisotopic (exact) mass is 241 g/mol. The molecule has 2 rings (SSSR count). The van der Waals surface area contributed by atoms with Crippen LogP contribution in [0.25, 0.3) is 0 Å². The Kier molecular flexibility index (Phi) is 3.43. The quantitative estimate of drug-likeness (QED) is 0.829. The van der Waals surface area contributed by atoms with Crippen LogP contribution in [0.4, 0.5) is 11.9 Å². The predicted molar refractivity (Wildman–Crippen MR) is 64.3 cm³/mol. The number of hydrogen-bond donors (Lipinski definition) is 2. The Morgan fingerprint density at radius 1 is 1.31 bits per heavy atom. The van der Waals surface area contributed by atoms with E-state index in [1.165, 1.54) is 12.8 Å². The van der Waals surface area contributed by atoms with Gasteiger partial charge in [-0.3, -0.25) is 0 Å². The van der Waals surface area contributed by atoms with Gasteiger partial charge in [0.1, 0.15) is 0 Å². The standard InChI is InChI=1S/C10H16ClN5/c1-6-3-2-4-7(5-6)13-10-15-8(11)14-9(12)16-10/h6-7H,2-5H2,1H3,(H3,12,13,14,15,16). The number of nitrogens with one attached hydrogen (secondary N) is 1. The fourth-order valence-electron chi connectivity index (χ4n) is 2.18. The van der Waals surface area contributed by atoms with Crippen LogP contribution >= 0.6 is 11.6 Å². The second-order valence-electron chi connectivity index (χ2n) is 4.40. The van der Waals surface area contributed by atoms with E-state index in [-0.39, 0.29) is 11.2 Å². The van der Waals surface area contributed by atoms with Gasteiger partial charge in [-0.1, -0.05) is 19.8 Å². The molecule has 16 heavy (non-hydrogen) atoms. The highest BCUT2D eigenvalue weighted by Crippen LogP contribution is 2.25. The van der Waals surface area contributed by atoms with Crippen LogP contribution in [0.3, 0.4) is 0 Å². The summed E-state index contributed by atoms with van der Waals surface area (Å²) in [5.41, 5.74) is 5.51. The van der Waals surface area contributed by atoms with Crippen LogP contribution in [0.15, 0.2) is 0 Å². The maximum Gasteiger partial charge on any atom is 0.229 e. The van der Waals surface area contributed by atoms with Gasteiger partial charge in [-0.15, -0.1) is 0 Å². The lowest BCUT2D eigenvalue weighted by atomic mass is 9.87. The second kappa shape index (κ2) is 4.82. The maximum absolute atomic E-state index is 5.71. The van der Waals surface area contributed by atoms with E-state index in [0.717, 1.165) is 18.8 Å². The summed E-state index contributed by atoms with van der Waals surface area (Å²) in [4.78, 5) is 11.7. The average Bonchev–Trinajstić information content (AvgIpc) is 2.15. The van der Waals surface area contributed by atoms with Crippen LogP contribution in [0.5, 0.6) is 0 Å². The molecule has 0 aromatic carbocycles. The number of nitrogens with zero attached hydrogens (tertiary/aromatic N) is 3. The third-order valence-corrected chi connectivity index (χ3v) is 3.06. The number of hydrogen-bond acceptors (Lipinski definition) is 5. The van der Waals surface area contributed by atoms with Crippen molar-refractivity contribution in [3.63, 3.8) is 0 Å². The number of halogens is 1. The number of rotatable bonds is 2. The van der Waals surface area contributed by atoms with E-state index in [2.05, 4.69) is 27.2 Å². The first-order chi connectivity index (χ1) is 7.63. The van der Waals surface area contributed by atoms with Gasteiger partial charge in [-0.25, -0.2) is 0 Å². The third kappa shape index (κ3) is 2.95. The Morgan fingerprint density at radius 3 is 2.81 bits per heavy atom. The number of nitrogens with two attached hydrogens (primary N) is 1. The van der Waals surface area contributed by atoms with E-state index in [4.69, 9.17) is 17.3 Å². The van der Waals surface area contributed by atoms with Crippen LogP contribution in [-0.2, 0) is 0 Å². The lowest BCUT2D eigenvalue weighted by molar-refractivity contribution is 0.357. The number of anilines is 2. The molecule has 1 aliphatic carbocycles. The van der Waals surface area contributed by atoms with Crippen molar-refractivity contribution < 1.29 is 0 Å². The van der Waals surface area contributed by atoms with E-state index < -0.39 is 0 Å². The van der Waals surface area contributed by atoms with Gasteiger partial charge in [0.15, 0.2) is 0 Å². The molecule has 0 bridgehead atoms. The molecule has 1 saturated carbocycles. The minimum Gasteiger partial charge on any atom is -0.368 e. The van der Waals surface area contributed by atoms with Crippen molar-refractivity contribution in [3.8, 4) is 0 Å². The average molecular weight is 242 g/mol. The van der Waals surface area contributed by atoms with Gasteiger partial charge in [-0.05, 0) is 30.4 Å². The summed E-state index contributed by atoms with van der Waals surface area (Å²) in [5, 5.41) is 3.40. The Hall–Kier alpha value is -1.10. The van der Waals surface area contributed by atoms with Gasteiger partial charge in [0.2, 0.25) is 17.2 Å². The first-order valence-electron chi connectivity index (χ1n) is 5.57. The maximum atomic E-state index is 5.71. The molecule has 0 amide bonds. The molecule has 6 heteroatoms. The van der Waals surface area contributed by atoms with Crippen LogP contribution in [0, 0.1) is 5.92 Å². The van der Waals surface area contributed by atoms with Crippen LogP contribution in [-0.4, -0.2) is 21.0 Å². The zero-order valence-corrected chi connectivity index (χ0v) is 10.0. The number of aromatic nitrogens is 3. The number of nitrogen functional groups attached to an aromatic ring is 1. The van der Waals surface area contributed by atoms with Crippen molar-refractivity contribution in [2.75, 3.05) is 11.1 Å². The summed E-state index contributed by atoms with van der Waals surface area (Å²) in [6.07, 6.45) is 4.84. The van der Waals surface area contributed by atoms with Crippen LogP contribution < -0.4 is 11.1 Å². The van der Waals surface area contributed by atoms with E-state index in [9.17, 15) is 0 Å². The lowest BCUT2D eigenvalue weighted by Crippen LogP contribution is -2.27. The van der Waals surface area contributed by atoms with Crippen LogP contribution in [0.1, 0.15) is 32.6 Å². The molecule has 1 fully saturated rings. The predicted octanol–water partition coefficient (Wildman–Crippen LogP) is 2.10. The summed E-state index contributed by atoms with van der Waals surface area (Å²) in [5.74, 6) is 1.39. The molecule has 5 nitrogen and oxygen atoms in total. The Labute approximate surface area is 99.8 Å². The van der Waals surface area contributed by atoms with Gasteiger partial charge in [0.05, 0.1) is 0 Å². The molecule has 3 N–H and O–H groups in total. The van der Waals surface area contributed by atoms with Crippen LogP contribution in [0.2, 0.25) is 5.28 Å². The van der Waals surface area contributed by atoms with Crippen molar-refractivity contribution >= 4 is 23.5 Å². The largest absolute Gasteiger partial charge is 0.368 e. The molecular formula is C10H16ClN5. The van der Waals surface area contributed by atoms with Gasteiger partial charge < -0.3 is 11.1 Å². The van der Waals surface area contributed by atoms with Crippen molar-refractivity contribution in [1.29, 1.82) is 0 Å². The summed E-state index contributed by atoms with van der Waals surface area (Å²) < 4.78 is 0. The van der Waals surface area contributed by atoms with Gasteiger partial charge >= 0.3 is 0 Å². The SMILES string of the molecule is CC1CCCC(Nc2nc(N)nc(Cl)n2)C1. The second-order valence-corrected chi connectivity index (χ2v) is 4.74. The van der Waals surface area contributed by atoms with Gasteiger partial charge in [-0.2, -0.15) is 15.0 Å². The molecule has 0 saturated heterocycles. The van der Waals surface area contributed by atoms with Crippen molar-refractivity contribution in [2.45, 2.75) is 38.6 Å². The molecular weight excluding hydrogens is 226 g/mol. The molecule has 88 valence electrons. The molecule has 1 aromatic heterocycles. The normalized spacial score (nSPS) is 25.4. The van der Waals surface area contributed by atoms with E-state index in [1.807, 2.05) is 0 Å². The first kappa shape index (κ1) is 11.4. The summed E-state index contributed by atoms with van der Waals surface area (Å²) in [7, 11) is 0. The molecule has 2 atom stereocenters. The smallest absolute Gasteiger partial charge is 0.229 e. The highest BCUT2D eigenvalue weighted by molar-refractivity contribution is 6.28. The molecule has 0 aliphatic heterocycles. The summed E-state index contributed by atoms with van der Waals surface area (Å²) in [6, 6.07) is 0.418. The molecule has 1 aliphatic rings.